The Morgan fingerprint density at radius 3 is 2.49 bits per heavy atom. The van der Waals surface area contributed by atoms with Gasteiger partial charge in [0.2, 0.25) is 5.91 Å². The van der Waals surface area contributed by atoms with Crippen LogP contribution in [0.4, 0.5) is 11.5 Å². The van der Waals surface area contributed by atoms with E-state index in [1.165, 1.54) is 28.3 Å². The zero-order chi connectivity index (χ0) is 32.1. The van der Waals surface area contributed by atoms with Crippen LogP contribution in [0.3, 0.4) is 0 Å². The molecule has 0 spiro atoms. The quantitative estimate of drug-likeness (QED) is 0.166. The number of rotatable bonds is 11. The Bertz CT molecular complexity index is 2040. The summed E-state index contributed by atoms with van der Waals surface area (Å²) >= 11 is 1.02. The van der Waals surface area contributed by atoms with Gasteiger partial charge in [0.05, 0.1) is 42.6 Å². The number of methoxy groups -OCH3 is 2. The van der Waals surface area contributed by atoms with Crippen LogP contribution in [0.15, 0.2) is 92.3 Å². The topological polar surface area (TPSA) is 155 Å². The number of nitrogens with zero attached hydrogens (tertiary/aromatic N) is 4. The predicted molar refractivity (Wildman–Crippen MR) is 175 cm³/mol. The number of ether oxygens (including phenoxy) is 2. The second-order valence-corrected chi connectivity index (χ2v) is 11.1. The minimum Gasteiger partial charge on any atom is -0.495 e. The number of H-pyrrole nitrogens is 1. The summed E-state index contributed by atoms with van der Waals surface area (Å²) in [6.07, 6.45) is 0. The van der Waals surface area contributed by atoms with E-state index in [0.717, 1.165) is 22.9 Å². The molecule has 2 heterocycles. The normalized spacial score (nSPS) is 11.1. The minimum absolute atomic E-state index is 0.0175. The van der Waals surface area contributed by atoms with E-state index in [4.69, 9.17) is 20.2 Å². The highest BCUT2D eigenvalue weighted by atomic mass is 32.2. The number of hydrogen-bond acceptors (Lipinski definition) is 9. The molecule has 12 nitrogen and oxygen atoms in total. The second kappa shape index (κ2) is 13.7. The molecule has 1 amide bonds. The van der Waals surface area contributed by atoms with Crippen LogP contribution < -0.4 is 32.2 Å². The van der Waals surface area contributed by atoms with E-state index in [0.29, 0.717) is 22.3 Å². The van der Waals surface area contributed by atoms with Crippen molar-refractivity contribution in [1.82, 2.24) is 19.1 Å². The van der Waals surface area contributed by atoms with Gasteiger partial charge in [-0.3, -0.25) is 28.5 Å². The third kappa shape index (κ3) is 6.54. The van der Waals surface area contributed by atoms with Crippen molar-refractivity contribution in [3.8, 4) is 11.4 Å². The number of aromatic amines is 1. The molecule has 5 rings (SSSR count). The number of fused-ring (bicyclic) bond motifs is 1. The van der Waals surface area contributed by atoms with Gasteiger partial charge in [0.1, 0.15) is 11.6 Å². The highest BCUT2D eigenvalue weighted by molar-refractivity contribution is 7.99. The maximum Gasteiger partial charge on any atom is 0.330 e. The molecule has 0 aliphatic carbocycles. The summed E-state index contributed by atoms with van der Waals surface area (Å²) < 4.78 is 13.4. The fourth-order valence-corrected chi connectivity index (χ4v) is 5.79. The molecular formula is C32H32N6O6S. The van der Waals surface area contributed by atoms with Crippen molar-refractivity contribution in [2.75, 3.05) is 43.8 Å². The molecular weight excluding hydrogens is 596 g/mol. The second-order valence-electron chi connectivity index (χ2n) is 10.1. The molecule has 0 aliphatic heterocycles. The van der Waals surface area contributed by atoms with Crippen LogP contribution in [0.5, 0.6) is 5.75 Å². The van der Waals surface area contributed by atoms with Gasteiger partial charge in [-0.1, -0.05) is 60.3 Å². The first-order valence-corrected chi connectivity index (χ1v) is 15.0. The Morgan fingerprint density at radius 2 is 1.76 bits per heavy atom. The summed E-state index contributed by atoms with van der Waals surface area (Å²) in [4.78, 5) is 61.8. The van der Waals surface area contributed by atoms with Gasteiger partial charge in [0, 0.05) is 13.7 Å². The lowest BCUT2D eigenvalue weighted by Gasteiger charge is -2.24. The monoisotopic (exact) mass is 628 g/mol. The van der Waals surface area contributed by atoms with Crippen LogP contribution in [0.25, 0.3) is 16.6 Å². The number of aryl methyl sites for hydroxylation is 1. The van der Waals surface area contributed by atoms with Crippen LogP contribution >= 0.6 is 11.8 Å². The molecule has 0 saturated carbocycles. The van der Waals surface area contributed by atoms with E-state index in [1.54, 1.807) is 30.3 Å². The molecule has 2 aromatic heterocycles. The molecule has 0 saturated heterocycles. The number of para-hydroxylation sites is 1. The van der Waals surface area contributed by atoms with Gasteiger partial charge >= 0.3 is 5.69 Å². The maximum atomic E-state index is 13.9. The van der Waals surface area contributed by atoms with E-state index < -0.39 is 17.2 Å². The maximum absolute atomic E-state index is 13.9. The molecule has 0 radical (unpaired) electrons. The van der Waals surface area contributed by atoms with Crippen LogP contribution in [-0.4, -0.2) is 58.1 Å². The van der Waals surface area contributed by atoms with E-state index >= 15 is 0 Å². The Kier molecular flexibility index (Phi) is 9.50. The van der Waals surface area contributed by atoms with Crippen molar-refractivity contribution in [2.45, 2.75) is 18.6 Å². The summed E-state index contributed by atoms with van der Waals surface area (Å²) in [5.74, 6) is -0.439. The summed E-state index contributed by atoms with van der Waals surface area (Å²) in [5, 5.41) is 0.650. The number of amides is 1. The number of carbonyl (C=O) groups is 1. The number of nitrogens with one attached hydrogen (secondary N) is 1. The first-order valence-electron chi connectivity index (χ1n) is 14.0. The third-order valence-electron chi connectivity index (χ3n) is 7.13. The Labute approximate surface area is 262 Å². The minimum atomic E-state index is -0.804. The molecule has 0 bridgehead atoms. The fraction of sp³-hybridized carbons (Fsp3) is 0.219. The fourth-order valence-electron chi connectivity index (χ4n) is 4.91. The molecule has 232 valence electrons. The number of carbonyl (C=O) groups excluding carboxylic acids is 1. The van der Waals surface area contributed by atoms with Crippen molar-refractivity contribution in [3.63, 3.8) is 0 Å². The lowest BCUT2D eigenvalue weighted by Crippen LogP contribution is -2.43. The molecule has 45 heavy (non-hydrogen) atoms. The number of nitrogen functional groups attached to an aromatic ring is 1. The molecule has 0 fully saturated rings. The molecule has 0 unspecified atom stereocenters. The summed E-state index contributed by atoms with van der Waals surface area (Å²) in [5.41, 5.74) is 7.01. The van der Waals surface area contributed by atoms with Gasteiger partial charge in [-0.15, -0.1) is 0 Å². The van der Waals surface area contributed by atoms with Crippen molar-refractivity contribution in [3.05, 3.63) is 115 Å². The SMILES string of the molecule is COCCN(C(=O)CSc1nc2ccccc2c(=O)n1-c1cc(C)ccc1OC)c1c(N)n(Cc2ccccc2)c(=O)[nH]c1=O. The molecule has 13 heteroatoms. The summed E-state index contributed by atoms with van der Waals surface area (Å²) in [6.45, 7) is 2.05. The molecule has 3 aromatic carbocycles. The zero-order valence-corrected chi connectivity index (χ0v) is 25.8. The van der Waals surface area contributed by atoms with E-state index in [9.17, 15) is 19.2 Å². The number of thioether (sulfide) groups is 1. The lowest BCUT2D eigenvalue weighted by atomic mass is 10.2. The number of hydrogen-bond donors (Lipinski definition) is 2. The largest absolute Gasteiger partial charge is 0.495 e. The number of aromatic nitrogens is 4. The van der Waals surface area contributed by atoms with Crippen LogP contribution in [0, 0.1) is 6.92 Å². The standard InChI is InChI=1S/C32H32N6O6S/c1-20-13-14-25(44-3)24(17-20)38-30(41)22-11-7-8-12-23(22)34-32(38)45-19-26(39)36(15-16-43-2)27-28(33)37(31(42)35-29(27)40)18-21-9-5-4-6-10-21/h4-14,17H,15-16,18-19,33H2,1-3H3,(H,35,40,42). The molecule has 3 N–H and O–H groups in total. The van der Waals surface area contributed by atoms with Crippen molar-refractivity contribution < 1.29 is 14.3 Å². The molecule has 0 atom stereocenters. The van der Waals surface area contributed by atoms with Crippen LogP contribution in [-0.2, 0) is 16.1 Å². The van der Waals surface area contributed by atoms with E-state index in [-0.39, 0.29) is 47.7 Å². The van der Waals surface area contributed by atoms with Gasteiger partial charge in [-0.25, -0.2) is 9.78 Å². The zero-order valence-electron chi connectivity index (χ0n) is 25.0. The van der Waals surface area contributed by atoms with Crippen molar-refractivity contribution in [2.24, 2.45) is 0 Å². The Balaban J connectivity index is 1.55. The summed E-state index contributed by atoms with van der Waals surface area (Å²) in [7, 11) is 2.98. The number of nitrogens with two attached hydrogens (primary N) is 1. The first kappa shape index (κ1) is 31.3. The molecule has 5 aromatic rings. The lowest BCUT2D eigenvalue weighted by molar-refractivity contribution is -0.116. The van der Waals surface area contributed by atoms with Gasteiger partial charge in [0.25, 0.3) is 11.1 Å². The highest BCUT2D eigenvalue weighted by Gasteiger charge is 2.26. The van der Waals surface area contributed by atoms with Crippen molar-refractivity contribution in [1.29, 1.82) is 0 Å². The van der Waals surface area contributed by atoms with Gasteiger partial charge in [-0.2, -0.15) is 0 Å². The van der Waals surface area contributed by atoms with Crippen LogP contribution in [0.2, 0.25) is 0 Å². The number of benzene rings is 3. The first-order chi connectivity index (χ1) is 21.7. The molecule has 0 aliphatic rings. The van der Waals surface area contributed by atoms with E-state index in [1.807, 2.05) is 49.4 Å². The van der Waals surface area contributed by atoms with Gasteiger partial charge in [0.15, 0.2) is 10.8 Å². The average molecular weight is 629 g/mol. The average Bonchev–Trinajstić information content (AvgIpc) is 3.04. The van der Waals surface area contributed by atoms with E-state index in [2.05, 4.69) is 4.98 Å². The smallest absolute Gasteiger partial charge is 0.330 e. The Hall–Kier alpha value is -5.14. The van der Waals surface area contributed by atoms with Gasteiger partial charge in [-0.05, 0) is 42.3 Å². The predicted octanol–water partition coefficient (Wildman–Crippen LogP) is 2.95. The van der Waals surface area contributed by atoms with Crippen LogP contribution in [0.1, 0.15) is 11.1 Å². The highest BCUT2D eigenvalue weighted by Crippen LogP contribution is 2.29. The van der Waals surface area contributed by atoms with Gasteiger partial charge < -0.3 is 20.1 Å². The van der Waals surface area contributed by atoms with Crippen molar-refractivity contribution >= 4 is 40.1 Å². The Morgan fingerprint density at radius 1 is 1.02 bits per heavy atom. The summed E-state index contributed by atoms with van der Waals surface area (Å²) in [6, 6.07) is 21.5. The number of anilines is 2. The third-order valence-corrected chi connectivity index (χ3v) is 8.06.